The molecular weight excluding hydrogens is 441 g/mol. The Morgan fingerprint density at radius 1 is 1.22 bits per heavy atom. The van der Waals surface area contributed by atoms with Crippen LogP contribution in [0.1, 0.15) is 11.1 Å². The summed E-state index contributed by atoms with van der Waals surface area (Å²) in [4.78, 5) is 12.1. The highest BCUT2D eigenvalue weighted by Gasteiger charge is 2.10. The van der Waals surface area contributed by atoms with Crippen molar-refractivity contribution in [2.75, 3.05) is 5.75 Å². The van der Waals surface area contributed by atoms with Gasteiger partial charge in [-0.25, -0.2) is 4.68 Å². The first-order valence-electron chi connectivity index (χ1n) is 7.93. The van der Waals surface area contributed by atoms with Crippen molar-refractivity contribution in [2.24, 2.45) is 0 Å². The molecule has 4 nitrogen and oxygen atoms in total. The number of benzene rings is 2. The Morgan fingerprint density at radius 3 is 2.67 bits per heavy atom. The molecule has 27 heavy (non-hydrogen) atoms. The van der Waals surface area contributed by atoms with E-state index in [0.29, 0.717) is 20.5 Å². The molecule has 3 rings (SSSR count). The zero-order chi connectivity index (χ0) is 19.4. The van der Waals surface area contributed by atoms with Crippen LogP contribution >= 0.6 is 58.5 Å². The van der Waals surface area contributed by atoms with Crippen LogP contribution in [0.3, 0.4) is 0 Å². The summed E-state index contributed by atoms with van der Waals surface area (Å²) in [5.41, 5.74) is 3.00. The third-order valence-corrected chi connectivity index (χ3v) is 6.72. The van der Waals surface area contributed by atoms with Crippen LogP contribution in [-0.2, 0) is 11.3 Å². The summed E-state index contributed by atoms with van der Waals surface area (Å²) in [7, 11) is 0. The third-order valence-electron chi connectivity index (χ3n) is 3.61. The van der Waals surface area contributed by atoms with Gasteiger partial charge in [0.05, 0.1) is 21.5 Å². The smallest absolute Gasteiger partial charge is 0.230 e. The van der Waals surface area contributed by atoms with Crippen molar-refractivity contribution < 1.29 is 4.79 Å². The number of nitrogens with one attached hydrogen (secondary N) is 1. The van der Waals surface area contributed by atoms with E-state index in [2.05, 4.69) is 10.4 Å². The fraction of sp³-hybridized carbons (Fsp3) is 0.167. The standard InChI is InChI=1S/C18H15Cl2N3OS3/c1-11-2-4-12(5-3-11)9-21-16(24)10-26-17-22-23(18(25)27-17)13-6-7-14(19)15(20)8-13/h2-8H,9-10H2,1H3,(H,21,24). The number of aromatic nitrogens is 2. The van der Waals surface area contributed by atoms with Crippen LogP contribution in [0.5, 0.6) is 0 Å². The first-order chi connectivity index (χ1) is 12.9. The molecule has 2 aromatic carbocycles. The van der Waals surface area contributed by atoms with E-state index in [-0.39, 0.29) is 11.7 Å². The van der Waals surface area contributed by atoms with Gasteiger partial charge in [-0.15, -0.1) is 5.10 Å². The van der Waals surface area contributed by atoms with Gasteiger partial charge in [0.1, 0.15) is 0 Å². The number of carbonyl (C=O) groups is 1. The van der Waals surface area contributed by atoms with E-state index in [1.807, 2.05) is 31.2 Å². The highest BCUT2D eigenvalue weighted by Crippen LogP contribution is 2.27. The first-order valence-corrected chi connectivity index (χ1v) is 10.9. The maximum Gasteiger partial charge on any atom is 0.230 e. The van der Waals surface area contributed by atoms with E-state index in [9.17, 15) is 4.79 Å². The molecule has 0 bridgehead atoms. The van der Waals surface area contributed by atoms with Gasteiger partial charge >= 0.3 is 0 Å². The van der Waals surface area contributed by atoms with Gasteiger partial charge in [-0.05, 0) is 42.9 Å². The lowest BCUT2D eigenvalue weighted by atomic mass is 10.1. The van der Waals surface area contributed by atoms with Crippen LogP contribution in [0, 0.1) is 10.9 Å². The lowest BCUT2D eigenvalue weighted by Gasteiger charge is -2.05. The topological polar surface area (TPSA) is 46.9 Å². The molecule has 0 unspecified atom stereocenters. The Labute approximate surface area is 180 Å². The normalized spacial score (nSPS) is 10.8. The molecule has 9 heteroatoms. The van der Waals surface area contributed by atoms with Crippen molar-refractivity contribution in [3.05, 3.63) is 67.6 Å². The van der Waals surface area contributed by atoms with Crippen molar-refractivity contribution in [1.29, 1.82) is 0 Å². The number of carbonyl (C=O) groups excluding carboxylic acids is 1. The number of rotatable bonds is 6. The molecule has 0 saturated carbocycles. The molecule has 1 aromatic heterocycles. The number of amides is 1. The van der Waals surface area contributed by atoms with Crippen LogP contribution in [0.15, 0.2) is 46.8 Å². The number of thioether (sulfide) groups is 1. The van der Waals surface area contributed by atoms with Gasteiger partial charge in [-0.2, -0.15) is 0 Å². The van der Waals surface area contributed by atoms with Gasteiger partial charge in [0.15, 0.2) is 8.29 Å². The van der Waals surface area contributed by atoms with Crippen LogP contribution in [-0.4, -0.2) is 21.4 Å². The second-order valence-corrected chi connectivity index (χ2v) is 9.35. The molecule has 0 spiro atoms. The number of hydrogen-bond donors (Lipinski definition) is 1. The van der Waals surface area contributed by atoms with E-state index < -0.39 is 0 Å². The average Bonchev–Trinajstić information content (AvgIpc) is 3.02. The highest BCUT2D eigenvalue weighted by molar-refractivity contribution is 8.01. The van der Waals surface area contributed by atoms with Crippen molar-refractivity contribution in [3.8, 4) is 5.69 Å². The molecule has 0 saturated heterocycles. The van der Waals surface area contributed by atoms with E-state index >= 15 is 0 Å². The monoisotopic (exact) mass is 455 g/mol. The van der Waals surface area contributed by atoms with E-state index in [0.717, 1.165) is 15.6 Å². The molecule has 1 heterocycles. The summed E-state index contributed by atoms with van der Waals surface area (Å²) in [5, 5.41) is 8.28. The van der Waals surface area contributed by atoms with Gasteiger partial charge < -0.3 is 5.32 Å². The van der Waals surface area contributed by atoms with Crippen LogP contribution in [0.2, 0.25) is 10.0 Å². The summed E-state index contributed by atoms with van der Waals surface area (Å²) in [6.45, 7) is 2.54. The SMILES string of the molecule is Cc1ccc(CNC(=O)CSc2nn(-c3ccc(Cl)c(Cl)c3)c(=S)s2)cc1. The van der Waals surface area contributed by atoms with Gasteiger partial charge in [0, 0.05) is 6.54 Å². The zero-order valence-corrected chi connectivity index (χ0v) is 18.2. The molecule has 1 amide bonds. The molecular formula is C18H15Cl2N3OS3. The van der Waals surface area contributed by atoms with Crippen molar-refractivity contribution in [2.45, 2.75) is 17.8 Å². The van der Waals surface area contributed by atoms with Gasteiger partial charge in [0.25, 0.3) is 0 Å². The molecule has 1 N–H and O–H groups in total. The lowest BCUT2D eigenvalue weighted by molar-refractivity contribution is -0.118. The zero-order valence-electron chi connectivity index (χ0n) is 14.2. The molecule has 140 valence electrons. The van der Waals surface area contributed by atoms with Gasteiger partial charge in [-0.1, -0.05) is 76.1 Å². The lowest BCUT2D eigenvalue weighted by Crippen LogP contribution is -2.24. The van der Waals surface area contributed by atoms with Crippen molar-refractivity contribution in [3.63, 3.8) is 0 Å². The summed E-state index contributed by atoms with van der Waals surface area (Å²) in [6.07, 6.45) is 0. The minimum absolute atomic E-state index is 0.0530. The number of nitrogens with zero attached hydrogens (tertiary/aromatic N) is 2. The maximum atomic E-state index is 12.1. The van der Waals surface area contributed by atoms with Gasteiger partial charge in [-0.3, -0.25) is 4.79 Å². The molecule has 3 aromatic rings. The summed E-state index contributed by atoms with van der Waals surface area (Å²) in [5.74, 6) is 0.220. The Hall–Kier alpha value is -1.38. The Kier molecular flexibility index (Phi) is 6.94. The molecule has 0 fully saturated rings. The predicted molar refractivity (Wildman–Crippen MR) is 116 cm³/mol. The number of halogens is 2. The number of aryl methyl sites for hydroxylation is 1. The molecule has 0 aliphatic rings. The third kappa shape index (κ3) is 5.56. The average molecular weight is 456 g/mol. The molecule has 0 aliphatic heterocycles. The van der Waals surface area contributed by atoms with E-state index in [1.165, 1.54) is 28.7 Å². The minimum Gasteiger partial charge on any atom is -0.351 e. The predicted octanol–water partition coefficient (Wildman–Crippen LogP) is 5.69. The summed E-state index contributed by atoms with van der Waals surface area (Å²) in [6, 6.07) is 13.3. The number of hydrogen-bond acceptors (Lipinski definition) is 5. The molecule has 0 radical (unpaired) electrons. The fourth-order valence-electron chi connectivity index (χ4n) is 2.18. The Balaban J connectivity index is 1.58. The van der Waals surface area contributed by atoms with Crippen molar-refractivity contribution >= 4 is 64.4 Å². The second-order valence-electron chi connectivity index (χ2n) is 5.70. The van der Waals surface area contributed by atoms with Crippen LogP contribution in [0.4, 0.5) is 0 Å². The largest absolute Gasteiger partial charge is 0.351 e. The molecule has 0 aliphatic carbocycles. The van der Waals surface area contributed by atoms with Crippen molar-refractivity contribution in [1.82, 2.24) is 15.1 Å². The second kappa shape index (κ2) is 9.21. The summed E-state index contributed by atoms with van der Waals surface area (Å²) < 4.78 is 2.92. The first kappa shape index (κ1) is 20.4. The molecule has 0 atom stereocenters. The Bertz CT molecular complexity index is 1020. The van der Waals surface area contributed by atoms with E-state index in [1.54, 1.807) is 22.9 Å². The minimum atomic E-state index is -0.0530. The summed E-state index contributed by atoms with van der Waals surface area (Å²) >= 11 is 20.1. The van der Waals surface area contributed by atoms with Crippen LogP contribution < -0.4 is 5.32 Å². The van der Waals surface area contributed by atoms with Crippen LogP contribution in [0.25, 0.3) is 5.69 Å². The highest BCUT2D eigenvalue weighted by atomic mass is 35.5. The quantitative estimate of drug-likeness (QED) is 0.383. The van der Waals surface area contributed by atoms with Gasteiger partial charge in [0.2, 0.25) is 5.91 Å². The Morgan fingerprint density at radius 2 is 1.96 bits per heavy atom. The fourth-order valence-corrected chi connectivity index (χ4v) is 4.67. The van der Waals surface area contributed by atoms with E-state index in [4.69, 9.17) is 35.4 Å². The maximum absolute atomic E-state index is 12.1.